The van der Waals surface area contributed by atoms with Crippen molar-refractivity contribution in [2.45, 2.75) is 44.1 Å². The zero-order valence-electron chi connectivity index (χ0n) is 18.8. The number of pyridine rings is 1. The highest BCUT2D eigenvalue weighted by atomic mass is 19.1. The van der Waals surface area contributed by atoms with Crippen LogP contribution in [0.3, 0.4) is 0 Å². The predicted molar refractivity (Wildman–Crippen MR) is 122 cm³/mol. The molecule has 0 spiro atoms. The van der Waals surface area contributed by atoms with Crippen molar-refractivity contribution in [3.8, 4) is 22.6 Å². The second-order valence-corrected chi connectivity index (χ2v) is 8.99. The Morgan fingerprint density at radius 3 is 2.68 bits per heavy atom. The van der Waals surface area contributed by atoms with E-state index in [4.69, 9.17) is 9.47 Å². The third-order valence-electron chi connectivity index (χ3n) is 6.71. The highest BCUT2D eigenvalue weighted by Crippen LogP contribution is 2.46. The van der Waals surface area contributed by atoms with Crippen LogP contribution in [0.25, 0.3) is 11.1 Å². The number of fused-ring (bicyclic) bond motifs is 1. The smallest absolute Gasteiger partial charge is 0.303 e. The fraction of sp³-hybridized carbons (Fsp3) is 0.333. The van der Waals surface area contributed by atoms with Gasteiger partial charge >= 0.3 is 5.97 Å². The largest absolute Gasteiger partial charge is 0.497 e. The lowest BCUT2D eigenvalue weighted by Crippen LogP contribution is -2.18. The first kappa shape index (κ1) is 22.3. The fourth-order valence-corrected chi connectivity index (χ4v) is 4.74. The van der Waals surface area contributed by atoms with Crippen molar-refractivity contribution in [1.82, 2.24) is 4.98 Å². The average Bonchev–Trinajstić information content (AvgIpc) is 3.67. The second-order valence-electron chi connectivity index (χ2n) is 8.99. The molecule has 1 N–H and O–H groups in total. The molecule has 0 saturated heterocycles. The molecule has 5 rings (SSSR count). The van der Waals surface area contributed by atoms with Crippen LogP contribution in [0.4, 0.5) is 8.78 Å². The zero-order valence-corrected chi connectivity index (χ0v) is 18.8. The summed E-state index contributed by atoms with van der Waals surface area (Å²) in [6.07, 6.45) is 4.28. The molecule has 0 amide bonds. The molecule has 5 nitrogen and oxygen atoms in total. The van der Waals surface area contributed by atoms with E-state index in [1.54, 1.807) is 0 Å². The van der Waals surface area contributed by atoms with Gasteiger partial charge in [0, 0.05) is 17.3 Å². The minimum atomic E-state index is -0.813. The van der Waals surface area contributed by atoms with Crippen molar-refractivity contribution in [1.29, 1.82) is 0 Å². The lowest BCUT2D eigenvalue weighted by molar-refractivity contribution is -0.137. The van der Waals surface area contributed by atoms with Gasteiger partial charge in [0.25, 0.3) is 0 Å². The summed E-state index contributed by atoms with van der Waals surface area (Å²) in [7, 11) is 1.48. The summed E-state index contributed by atoms with van der Waals surface area (Å²) in [6, 6.07) is 11.4. The number of hydrogen-bond acceptors (Lipinski definition) is 4. The molecule has 1 aliphatic heterocycles. The molecule has 1 aromatic heterocycles. The summed E-state index contributed by atoms with van der Waals surface area (Å²) in [5.41, 5.74) is 2.66. The molecule has 1 saturated carbocycles. The topological polar surface area (TPSA) is 68.7 Å². The number of aromatic nitrogens is 1. The van der Waals surface area contributed by atoms with Crippen molar-refractivity contribution < 1.29 is 28.2 Å². The van der Waals surface area contributed by atoms with Crippen molar-refractivity contribution in [3.63, 3.8) is 0 Å². The molecule has 34 heavy (non-hydrogen) atoms. The molecule has 7 heteroatoms. The van der Waals surface area contributed by atoms with Gasteiger partial charge < -0.3 is 14.6 Å². The van der Waals surface area contributed by atoms with Gasteiger partial charge in [-0.2, -0.15) is 0 Å². The van der Waals surface area contributed by atoms with Crippen molar-refractivity contribution in [2.75, 3.05) is 7.11 Å². The van der Waals surface area contributed by atoms with E-state index >= 15 is 4.39 Å². The van der Waals surface area contributed by atoms with E-state index in [0.717, 1.165) is 24.0 Å². The Morgan fingerprint density at radius 2 is 1.97 bits per heavy atom. The molecule has 2 atom stereocenters. The van der Waals surface area contributed by atoms with Crippen LogP contribution in [0.1, 0.15) is 54.5 Å². The van der Waals surface area contributed by atoms with Gasteiger partial charge in [0.15, 0.2) is 0 Å². The maximum absolute atomic E-state index is 15.1. The highest BCUT2D eigenvalue weighted by Gasteiger charge is 2.35. The average molecular weight is 465 g/mol. The Morgan fingerprint density at radius 1 is 1.15 bits per heavy atom. The summed E-state index contributed by atoms with van der Waals surface area (Å²) in [4.78, 5) is 15.7. The first-order valence-corrected chi connectivity index (χ1v) is 11.4. The van der Waals surface area contributed by atoms with Gasteiger partial charge in [0.1, 0.15) is 34.9 Å². The molecule has 3 aromatic rings. The van der Waals surface area contributed by atoms with Gasteiger partial charge in [-0.05, 0) is 79.0 Å². The number of rotatable bonds is 7. The van der Waals surface area contributed by atoms with Crippen LogP contribution in [0, 0.1) is 17.6 Å². The Hall–Kier alpha value is -3.48. The zero-order chi connectivity index (χ0) is 23.8. The molecular weight excluding hydrogens is 440 g/mol. The number of benzene rings is 2. The van der Waals surface area contributed by atoms with Crippen LogP contribution in [-0.4, -0.2) is 23.2 Å². The monoisotopic (exact) mass is 465 g/mol. The number of ether oxygens (including phenoxy) is 2. The molecule has 0 radical (unpaired) electrons. The molecule has 1 fully saturated rings. The van der Waals surface area contributed by atoms with Crippen LogP contribution >= 0.6 is 0 Å². The Bertz CT molecular complexity index is 1240. The van der Waals surface area contributed by atoms with Gasteiger partial charge in [-0.25, -0.2) is 8.78 Å². The highest BCUT2D eigenvalue weighted by molar-refractivity contribution is 5.68. The molecule has 0 bridgehead atoms. The van der Waals surface area contributed by atoms with Gasteiger partial charge in [-0.1, -0.05) is 12.1 Å². The fourth-order valence-electron chi connectivity index (χ4n) is 4.74. The van der Waals surface area contributed by atoms with E-state index in [0.29, 0.717) is 35.8 Å². The number of aliphatic carboxylic acids is 1. The summed E-state index contributed by atoms with van der Waals surface area (Å²) >= 11 is 0. The van der Waals surface area contributed by atoms with Crippen LogP contribution < -0.4 is 9.47 Å². The maximum atomic E-state index is 15.1. The Kier molecular flexibility index (Phi) is 5.94. The van der Waals surface area contributed by atoms with E-state index < -0.39 is 23.7 Å². The van der Waals surface area contributed by atoms with E-state index in [1.165, 1.54) is 37.6 Å². The lowest BCUT2D eigenvalue weighted by atomic mass is 9.89. The van der Waals surface area contributed by atoms with Crippen LogP contribution in [0.2, 0.25) is 0 Å². The quantitative estimate of drug-likeness (QED) is 0.459. The standard InChI is InChI=1S/C27H25F2NO4/c1-33-19-7-8-22(28)21(12-19)18-10-23(29)27(30-14-18)24-9-6-16-4-5-17(11-25(16)34-24)20(13-26(31)32)15-2-3-15/h4-5,7-8,10-12,14-15,20,24H,2-3,6,9,13H2,1H3,(H,31,32). The van der Waals surface area contributed by atoms with Gasteiger partial charge in [-0.15, -0.1) is 0 Å². The van der Waals surface area contributed by atoms with Crippen molar-refractivity contribution >= 4 is 5.97 Å². The molecule has 2 heterocycles. The number of methoxy groups -OCH3 is 1. The summed E-state index contributed by atoms with van der Waals surface area (Å²) in [6.45, 7) is 0. The number of nitrogens with zero attached hydrogens (tertiary/aromatic N) is 1. The summed E-state index contributed by atoms with van der Waals surface area (Å²) in [5, 5.41) is 9.32. The Balaban J connectivity index is 1.40. The number of halogens is 2. The SMILES string of the molecule is COc1ccc(F)c(-c2cnc(C3CCc4ccc(C(CC(=O)O)C5CC5)cc4O3)c(F)c2)c1. The first-order chi connectivity index (χ1) is 16.4. The molecular formula is C27H25F2NO4. The number of carbonyl (C=O) groups is 1. The van der Waals surface area contributed by atoms with E-state index in [9.17, 15) is 14.3 Å². The lowest BCUT2D eigenvalue weighted by Gasteiger charge is -2.27. The van der Waals surface area contributed by atoms with E-state index in [-0.39, 0.29) is 23.6 Å². The summed E-state index contributed by atoms with van der Waals surface area (Å²) < 4.78 is 40.7. The molecule has 2 aromatic carbocycles. The third-order valence-corrected chi connectivity index (χ3v) is 6.71. The molecule has 1 aliphatic carbocycles. The third kappa shape index (κ3) is 4.47. The van der Waals surface area contributed by atoms with Gasteiger partial charge in [-0.3, -0.25) is 9.78 Å². The number of carboxylic acid groups (broad SMARTS) is 1. The van der Waals surface area contributed by atoms with Crippen molar-refractivity contribution in [2.24, 2.45) is 5.92 Å². The number of carboxylic acids is 1. The van der Waals surface area contributed by atoms with Crippen LogP contribution in [-0.2, 0) is 11.2 Å². The van der Waals surface area contributed by atoms with Gasteiger partial charge in [0.2, 0.25) is 0 Å². The van der Waals surface area contributed by atoms with E-state index in [1.807, 2.05) is 18.2 Å². The van der Waals surface area contributed by atoms with E-state index in [2.05, 4.69) is 4.98 Å². The normalized spacial score (nSPS) is 18.0. The minimum absolute atomic E-state index is 0.0429. The van der Waals surface area contributed by atoms with Crippen LogP contribution in [0.5, 0.6) is 11.5 Å². The van der Waals surface area contributed by atoms with Gasteiger partial charge in [0.05, 0.1) is 13.5 Å². The maximum Gasteiger partial charge on any atom is 0.303 e. The van der Waals surface area contributed by atoms with Crippen LogP contribution in [0.15, 0.2) is 48.7 Å². The molecule has 176 valence electrons. The number of aryl methyl sites for hydroxylation is 1. The second kappa shape index (κ2) is 9.05. The minimum Gasteiger partial charge on any atom is -0.497 e. The Labute approximate surface area is 196 Å². The first-order valence-electron chi connectivity index (χ1n) is 11.4. The molecule has 2 unspecified atom stereocenters. The van der Waals surface area contributed by atoms with Crippen molar-refractivity contribution in [3.05, 3.63) is 77.1 Å². The number of hydrogen-bond donors (Lipinski definition) is 1. The summed E-state index contributed by atoms with van der Waals surface area (Å²) in [5.74, 6) is -0.406. The molecule has 2 aliphatic rings. The predicted octanol–water partition coefficient (Wildman–Crippen LogP) is 6.07.